The van der Waals surface area contributed by atoms with Gasteiger partial charge in [0.15, 0.2) is 0 Å². The number of halogens is 1. The van der Waals surface area contributed by atoms with Crippen molar-refractivity contribution in [2.24, 2.45) is 5.92 Å². The van der Waals surface area contributed by atoms with Crippen LogP contribution in [0.5, 0.6) is 0 Å². The van der Waals surface area contributed by atoms with Gasteiger partial charge >= 0.3 is 6.03 Å². The number of alkyl halides is 1. The van der Waals surface area contributed by atoms with Crippen molar-refractivity contribution in [2.45, 2.75) is 13.3 Å². The van der Waals surface area contributed by atoms with E-state index in [4.69, 9.17) is 11.6 Å². The summed E-state index contributed by atoms with van der Waals surface area (Å²) in [5.41, 5.74) is 0. The van der Waals surface area contributed by atoms with E-state index in [1.165, 1.54) is 0 Å². The maximum atomic E-state index is 11.6. The first-order chi connectivity index (χ1) is 6.15. The van der Waals surface area contributed by atoms with Gasteiger partial charge in [-0.25, -0.2) is 4.79 Å². The molecule has 0 aliphatic carbocycles. The molecule has 76 valence electrons. The molecule has 0 bridgehead atoms. The number of urea groups is 1. The highest BCUT2D eigenvalue weighted by molar-refractivity contribution is 6.18. The van der Waals surface area contributed by atoms with Crippen LogP contribution in [-0.2, 0) is 0 Å². The fourth-order valence-corrected chi connectivity index (χ4v) is 1.62. The van der Waals surface area contributed by atoms with Crippen molar-refractivity contribution in [3.8, 4) is 0 Å². The average molecular weight is 205 g/mol. The molecule has 0 saturated carbocycles. The van der Waals surface area contributed by atoms with E-state index in [9.17, 15) is 4.79 Å². The molecule has 4 heteroatoms. The standard InChI is InChI=1S/C9H17ClN2O/c1-8(6-10)7-12-5-3-4-11(2)9(12)13/h8H,3-7H2,1-2H3. The van der Waals surface area contributed by atoms with Crippen LogP contribution in [0.4, 0.5) is 4.79 Å². The second-order valence-electron chi connectivity index (χ2n) is 3.76. The molecule has 0 spiro atoms. The van der Waals surface area contributed by atoms with Gasteiger partial charge in [0, 0.05) is 32.6 Å². The molecule has 13 heavy (non-hydrogen) atoms. The van der Waals surface area contributed by atoms with Gasteiger partial charge in [0.25, 0.3) is 0 Å². The number of hydrogen-bond donors (Lipinski definition) is 0. The zero-order chi connectivity index (χ0) is 9.84. The Balaban J connectivity index is 2.44. The first-order valence-electron chi connectivity index (χ1n) is 4.71. The molecular formula is C9H17ClN2O. The van der Waals surface area contributed by atoms with Gasteiger partial charge in [-0.1, -0.05) is 6.92 Å². The van der Waals surface area contributed by atoms with Gasteiger partial charge in [-0.15, -0.1) is 11.6 Å². The van der Waals surface area contributed by atoms with Gasteiger partial charge in [-0.05, 0) is 12.3 Å². The lowest BCUT2D eigenvalue weighted by Gasteiger charge is -2.34. The van der Waals surface area contributed by atoms with Crippen LogP contribution in [0.3, 0.4) is 0 Å². The summed E-state index contributed by atoms with van der Waals surface area (Å²) < 4.78 is 0. The zero-order valence-electron chi connectivity index (χ0n) is 8.29. The fraction of sp³-hybridized carbons (Fsp3) is 0.889. The molecule has 3 nitrogen and oxygen atoms in total. The maximum Gasteiger partial charge on any atom is 0.319 e. The van der Waals surface area contributed by atoms with Crippen LogP contribution in [-0.4, -0.2) is 48.4 Å². The van der Waals surface area contributed by atoms with Crippen LogP contribution >= 0.6 is 11.6 Å². The molecule has 1 rings (SSSR count). The van der Waals surface area contributed by atoms with Crippen molar-refractivity contribution in [2.75, 3.05) is 32.6 Å². The van der Waals surface area contributed by atoms with Crippen LogP contribution < -0.4 is 0 Å². The lowest BCUT2D eigenvalue weighted by molar-refractivity contribution is 0.135. The summed E-state index contributed by atoms with van der Waals surface area (Å²) in [5, 5.41) is 0. The van der Waals surface area contributed by atoms with Crippen molar-refractivity contribution in [1.82, 2.24) is 9.80 Å². The predicted molar refractivity (Wildman–Crippen MR) is 54.1 cm³/mol. The van der Waals surface area contributed by atoms with Crippen LogP contribution in [0.2, 0.25) is 0 Å². The predicted octanol–water partition coefficient (Wildman–Crippen LogP) is 1.62. The molecule has 2 amide bonds. The van der Waals surface area contributed by atoms with E-state index in [0.29, 0.717) is 11.8 Å². The molecular weight excluding hydrogens is 188 g/mol. The van der Waals surface area contributed by atoms with Gasteiger partial charge in [-0.3, -0.25) is 0 Å². The molecule has 0 aromatic heterocycles. The normalized spacial score (nSPS) is 20.7. The van der Waals surface area contributed by atoms with Gasteiger partial charge in [-0.2, -0.15) is 0 Å². The molecule has 0 aromatic carbocycles. The van der Waals surface area contributed by atoms with E-state index in [1.54, 1.807) is 4.90 Å². The molecule has 1 heterocycles. The second kappa shape index (κ2) is 4.70. The summed E-state index contributed by atoms with van der Waals surface area (Å²) in [5.74, 6) is 1.00. The summed E-state index contributed by atoms with van der Waals surface area (Å²) in [6.07, 6.45) is 1.07. The van der Waals surface area contributed by atoms with Gasteiger partial charge in [0.1, 0.15) is 0 Å². The first kappa shape index (κ1) is 10.6. The molecule has 1 aliphatic heterocycles. The summed E-state index contributed by atoms with van der Waals surface area (Å²) in [6.45, 7) is 4.61. The smallest absolute Gasteiger partial charge is 0.319 e. The van der Waals surface area contributed by atoms with Crippen molar-refractivity contribution in [1.29, 1.82) is 0 Å². The van der Waals surface area contributed by atoms with Crippen molar-refractivity contribution < 1.29 is 4.79 Å². The van der Waals surface area contributed by atoms with Crippen molar-refractivity contribution in [3.05, 3.63) is 0 Å². The lowest BCUT2D eigenvalue weighted by atomic mass is 10.2. The Morgan fingerprint density at radius 1 is 1.54 bits per heavy atom. The van der Waals surface area contributed by atoms with Gasteiger partial charge in [0.2, 0.25) is 0 Å². The molecule has 1 atom stereocenters. The first-order valence-corrected chi connectivity index (χ1v) is 5.24. The quantitative estimate of drug-likeness (QED) is 0.641. The lowest BCUT2D eigenvalue weighted by Crippen LogP contribution is -2.48. The SMILES string of the molecule is CC(CCl)CN1CCCN(C)C1=O. The highest BCUT2D eigenvalue weighted by atomic mass is 35.5. The van der Waals surface area contributed by atoms with E-state index in [0.717, 1.165) is 26.1 Å². The topological polar surface area (TPSA) is 23.6 Å². The molecule has 1 fully saturated rings. The second-order valence-corrected chi connectivity index (χ2v) is 4.07. The fourth-order valence-electron chi connectivity index (χ4n) is 1.53. The maximum absolute atomic E-state index is 11.6. The Kier molecular flexibility index (Phi) is 3.85. The Labute approximate surface area is 84.6 Å². The molecule has 0 N–H and O–H groups in total. The number of amides is 2. The number of rotatable bonds is 3. The highest BCUT2D eigenvalue weighted by Crippen LogP contribution is 2.10. The van der Waals surface area contributed by atoms with E-state index in [2.05, 4.69) is 6.92 Å². The molecule has 0 radical (unpaired) electrons. The Morgan fingerprint density at radius 2 is 2.23 bits per heavy atom. The highest BCUT2D eigenvalue weighted by Gasteiger charge is 2.23. The molecule has 0 aromatic rings. The van der Waals surface area contributed by atoms with Crippen LogP contribution in [0.25, 0.3) is 0 Å². The third kappa shape index (κ3) is 2.76. The molecule has 1 saturated heterocycles. The van der Waals surface area contributed by atoms with Crippen molar-refractivity contribution >= 4 is 17.6 Å². The van der Waals surface area contributed by atoms with Crippen LogP contribution in [0, 0.1) is 5.92 Å². The zero-order valence-corrected chi connectivity index (χ0v) is 9.05. The Hall–Kier alpha value is -0.440. The number of carbonyl (C=O) groups excluding carboxylic acids is 1. The number of nitrogens with zero attached hydrogens (tertiary/aromatic N) is 2. The summed E-state index contributed by atoms with van der Waals surface area (Å²) in [6, 6.07) is 0.142. The third-order valence-corrected chi connectivity index (χ3v) is 2.84. The van der Waals surface area contributed by atoms with E-state index < -0.39 is 0 Å². The van der Waals surface area contributed by atoms with E-state index >= 15 is 0 Å². The summed E-state index contributed by atoms with van der Waals surface area (Å²) >= 11 is 5.70. The minimum absolute atomic E-state index is 0.142. The summed E-state index contributed by atoms with van der Waals surface area (Å²) in [7, 11) is 1.85. The number of carbonyl (C=O) groups is 1. The number of hydrogen-bond acceptors (Lipinski definition) is 1. The van der Waals surface area contributed by atoms with Crippen LogP contribution in [0.15, 0.2) is 0 Å². The molecule has 1 aliphatic rings. The Bertz CT molecular complexity index is 186. The largest absolute Gasteiger partial charge is 0.328 e. The minimum Gasteiger partial charge on any atom is -0.328 e. The molecule has 1 unspecified atom stereocenters. The van der Waals surface area contributed by atoms with E-state index in [-0.39, 0.29) is 6.03 Å². The van der Waals surface area contributed by atoms with Gasteiger partial charge in [0.05, 0.1) is 0 Å². The van der Waals surface area contributed by atoms with Crippen LogP contribution in [0.1, 0.15) is 13.3 Å². The summed E-state index contributed by atoms with van der Waals surface area (Å²) in [4.78, 5) is 15.2. The average Bonchev–Trinajstić information content (AvgIpc) is 2.13. The minimum atomic E-state index is 0.142. The van der Waals surface area contributed by atoms with Crippen molar-refractivity contribution in [3.63, 3.8) is 0 Å². The monoisotopic (exact) mass is 204 g/mol. The van der Waals surface area contributed by atoms with E-state index in [1.807, 2.05) is 11.9 Å². The third-order valence-electron chi connectivity index (χ3n) is 2.31. The Morgan fingerprint density at radius 3 is 2.85 bits per heavy atom. The van der Waals surface area contributed by atoms with Gasteiger partial charge < -0.3 is 9.80 Å².